The lowest BCUT2D eigenvalue weighted by molar-refractivity contribution is -0.130. The predicted octanol–water partition coefficient (Wildman–Crippen LogP) is 3.09. The SMILES string of the molecule is CN(CC1CCCN(CCc2ccc(Cl)cc2)C1)C(=O)Cc1cnccn1. The van der Waals surface area contributed by atoms with E-state index in [0.29, 0.717) is 12.3 Å². The average molecular weight is 387 g/mol. The lowest BCUT2D eigenvalue weighted by Crippen LogP contribution is -2.42. The number of hydrogen-bond acceptors (Lipinski definition) is 4. The molecule has 0 aliphatic carbocycles. The summed E-state index contributed by atoms with van der Waals surface area (Å²) in [7, 11) is 1.89. The third-order valence-electron chi connectivity index (χ3n) is 5.14. The Morgan fingerprint density at radius 1 is 1.30 bits per heavy atom. The summed E-state index contributed by atoms with van der Waals surface area (Å²) < 4.78 is 0. The van der Waals surface area contributed by atoms with Crippen LogP contribution in [0.4, 0.5) is 0 Å². The van der Waals surface area contributed by atoms with E-state index in [1.807, 2.05) is 24.1 Å². The largest absolute Gasteiger partial charge is 0.345 e. The molecule has 1 fully saturated rings. The monoisotopic (exact) mass is 386 g/mol. The van der Waals surface area contributed by atoms with Gasteiger partial charge in [-0.1, -0.05) is 23.7 Å². The summed E-state index contributed by atoms with van der Waals surface area (Å²) >= 11 is 5.95. The summed E-state index contributed by atoms with van der Waals surface area (Å²) in [4.78, 5) is 25.0. The van der Waals surface area contributed by atoms with Crippen LogP contribution in [0.5, 0.6) is 0 Å². The second-order valence-corrected chi connectivity index (χ2v) is 7.77. The maximum atomic E-state index is 12.4. The van der Waals surface area contributed by atoms with Gasteiger partial charge in [0.25, 0.3) is 0 Å². The van der Waals surface area contributed by atoms with Gasteiger partial charge in [-0.25, -0.2) is 0 Å². The fourth-order valence-electron chi connectivity index (χ4n) is 3.64. The molecule has 3 rings (SSSR count). The van der Waals surface area contributed by atoms with Crippen LogP contribution >= 0.6 is 11.6 Å². The maximum absolute atomic E-state index is 12.4. The molecular formula is C21H27ClN4O. The zero-order valence-corrected chi connectivity index (χ0v) is 16.6. The Hall–Kier alpha value is -1.98. The maximum Gasteiger partial charge on any atom is 0.228 e. The third-order valence-corrected chi connectivity index (χ3v) is 5.39. The fourth-order valence-corrected chi connectivity index (χ4v) is 3.77. The smallest absolute Gasteiger partial charge is 0.228 e. The summed E-state index contributed by atoms with van der Waals surface area (Å²) in [6.45, 7) is 4.05. The molecular weight excluding hydrogens is 360 g/mol. The van der Waals surface area contributed by atoms with Gasteiger partial charge in [0, 0.05) is 50.3 Å². The van der Waals surface area contributed by atoms with Crippen LogP contribution in [0, 0.1) is 5.92 Å². The fraction of sp³-hybridized carbons (Fsp3) is 0.476. The van der Waals surface area contributed by atoms with E-state index in [0.717, 1.165) is 43.3 Å². The number of likely N-dealkylation sites (tertiary alicyclic amines) is 1. The van der Waals surface area contributed by atoms with Crippen molar-refractivity contribution in [2.24, 2.45) is 5.92 Å². The number of carbonyl (C=O) groups is 1. The van der Waals surface area contributed by atoms with Gasteiger partial charge in [-0.2, -0.15) is 0 Å². The van der Waals surface area contributed by atoms with Crippen LogP contribution in [0.3, 0.4) is 0 Å². The number of rotatable bonds is 7. The van der Waals surface area contributed by atoms with Crippen molar-refractivity contribution in [2.45, 2.75) is 25.7 Å². The summed E-state index contributed by atoms with van der Waals surface area (Å²) in [5.41, 5.74) is 2.04. The summed E-state index contributed by atoms with van der Waals surface area (Å²) in [5.74, 6) is 0.633. The molecule has 1 amide bonds. The van der Waals surface area contributed by atoms with E-state index in [2.05, 4.69) is 27.0 Å². The molecule has 27 heavy (non-hydrogen) atoms. The number of halogens is 1. The van der Waals surface area contributed by atoms with Crippen molar-refractivity contribution in [2.75, 3.05) is 33.2 Å². The van der Waals surface area contributed by atoms with Crippen molar-refractivity contribution in [1.29, 1.82) is 0 Å². The molecule has 0 spiro atoms. The Labute approximate surface area is 166 Å². The van der Waals surface area contributed by atoms with Gasteiger partial charge in [-0.3, -0.25) is 14.8 Å². The van der Waals surface area contributed by atoms with E-state index in [4.69, 9.17) is 11.6 Å². The van der Waals surface area contributed by atoms with Crippen LogP contribution in [0.2, 0.25) is 5.02 Å². The highest BCUT2D eigenvalue weighted by Gasteiger charge is 2.22. The number of likely N-dealkylation sites (N-methyl/N-ethyl adjacent to an activating group) is 1. The standard InChI is InChI=1S/C21H27ClN4O/c1-25(21(27)13-20-14-23-9-10-24-20)15-18-3-2-11-26(16-18)12-8-17-4-6-19(22)7-5-17/h4-7,9-10,14,18H,2-3,8,11-13,15-16H2,1H3. The van der Waals surface area contributed by atoms with E-state index in [1.54, 1.807) is 18.6 Å². The molecule has 0 bridgehead atoms. The van der Waals surface area contributed by atoms with Crippen molar-refractivity contribution in [3.63, 3.8) is 0 Å². The molecule has 0 N–H and O–H groups in total. The molecule has 1 atom stereocenters. The molecule has 5 nitrogen and oxygen atoms in total. The van der Waals surface area contributed by atoms with Crippen LogP contribution in [0.1, 0.15) is 24.1 Å². The Bertz CT molecular complexity index is 723. The van der Waals surface area contributed by atoms with Gasteiger partial charge in [0.2, 0.25) is 5.91 Å². The second-order valence-electron chi connectivity index (χ2n) is 7.33. The quantitative estimate of drug-likeness (QED) is 0.733. The van der Waals surface area contributed by atoms with Gasteiger partial charge in [-0.05, 0) is 49.4 Å². The minimum Gasteiger partial charge on any atom is -0.345 e. The Balaban J connectivity index is 1.44. The Kier molecular flexibility index (Phi) is 7.18. The van der Waals surface area contributed by atoms with Crippen LogP contribution in [0.25, 0.3) is 0 Å². The molecule has 1 unspecified atom stereocenters. The van der Waals surface area contributed by atoms with Gasteiger partial charge in [0.1, 0.15) is 0 Å². The Morgan fingerprint density at radius 2 is 2.11 bits per heavy atom. The number of aromatic nitrogens is 2. The second kappa shape index (κ2) is 9.81. The van der Waals surface area contributed by atoms with E-state index in [-0.39, 0.29) is 5.91 Å². The van der Waals surface area contributed by atoms with Crippen molar-refractivity contribution < 1.29 is 4.79 Å². The first kappa shape index (κ1) is 19.8. The van der Waals surface area contributed by atoms with E-state index < -0.39 is 0 Å². The first-order chi connectivity index (χ1) is 13.1. The van der Waals surface area contributed by atoms with E-state index in [1.165, 1.54) is 18.4 Å². The number of nitrogens with zero attached hydrogens (tertiary/aromatic N) is 4. The number of benzene rings is 1. The molecule has 1 saturated heterocycles. The van der Waals surface area contributed by atoms with E-state index in [9.17, 15) is 4.79 Å². The normalized spacial score (nSPS) is 17.6. The molecule has 2 aromatic rings. The zero-order valence-electron chi connectivity index (χ0n) is 15.9. The van der Waals surface area contributed by atoms with Gasteiger partial charge in [0.15, 0.2) is 0 Å². The first-order valence-electron chi connectivity index (χ1n) is 9.56. The van der Waals surface area contributed by atoms with Gasteiger partial charge in [-0.15, -0.1) is 0 Å². The van der Waals surface area contributed by atoms with Gasteiger partial charge < -0.3 is 9.80 Å². The Morgan fingerprint density at radius 3 is 2.85 bits per heavy atom. The summed E-state index contributed by atoms with van der Waals surface area (Å²) in [5, 5.41) is 0.783. The van der Waals surface area contributed by atoms with Crippen molar-refractivity contribution in [3.8, 4) is 0 Å². The van der Waals surface area contributed by atoms with Gasteiger partial charge >= 0.3 is 0 Å². The highest BCUT2D eigenvalue weighted by Crippen LogP contribution is 2.18. The minimum atomic E-state index is 0.105. The lowest BCUT2D eigenvalue weighted by atomic mass is 9.97. The van der Waals surface area contributed by atoms with Crippen LogP contribution < -0.4 is 0 Å². The summed E-state index contributed by atoms with van der Waals surface area (Å²) in [6, 6.07) is 8.10. The number of carbonyl (C=O) groups excluding carboxylic acids is 1. The number of hydrogen-bond donors (Lipinski definition) is 0. The predicted molar refractivity (Wildman–Crippen MR) is 108 cm³/mol. The molecule has 1 aromatic carbocycles. The molecule has 144 valence electrons. The minimum absolute atomic E-state index is 0.105. The number of piperidine rings is 1. The molecule has 1 aromatic heterocycles. The molecule has 0 radical (unpaired) electrons. The molecule has 1 aliphatic rings. The lowest BCUT2D eigenvalue weighted by Gasteiger charge is -2.34. The zero-order chi connectivity index (χ0) is 19.1. The highest BCUT2D eigenvalue weighted by atomic mass is 35.5. The summed E-state index contributed by atoms with van der Waals surface area (Å²) in [6.07, 6.45) is 8.63. The third kappa shape index (κ3) is 6.29. The van der Waals surface area contributed by atoms with E-state index >= 15 is 0 Å². The molecule has 1 aliphatic heterocycles. The van der Waals surface area contributed by atoms with Crippen LogP contribution in [0.15, 0.2) is 42.9 Å². The molecule has 0 saturated carbocycles. The van der Waals surface area contributed by atoms with Crippen molar-refractivity contribution >= 4 is 17.5 Å². The topological polar surface area (TPSA) is 49.3 Å². The highest BCUT2D eigenvalue weighted by molar-refractivity contribution is 6.30. The molecule has 2 heterocycles. The van der Waals surface area contributed by atoms with Crippen LogP contribution in [-0.4, -0.2) is 58.9 Å². The molecule has 6 heteroatoms. The average Bonchev–Trinajstić information content (AvgIpc) is 2.68. The van der Waals surface area contributed by atoms with Gasteiger partial charge in [0.05, 0.1) is 12.1 Å². The van der Waals surface area contributed by atoms with Crippen molar-refractivity contribution in [1.82, 2.24) is 19.8 Å². The van der Waals surface area contributed by atoms with Crippen LogP contribution in [-0.2, 0) is 17.6 Å². The van der Waals surface area contributed by atoms with Crippen molar-refractivity contribution in [3.05, 3.63) is 59.1 Å². The number of amides is 1. The first-order valence-corrected chi connectivity index (χ1v) is 9.93.